The summed E-state index contributed by atoms with van der Waals surface area (Å²) in [5.74, 6) is -0.148. The predicted octanol–water partition coefficient (Wildman–Crippen LogP) is 3.54. The maximum absolute atomic E-state index is 13.1. The van der Waals surface area contributed by atoms with E-state index in [0.717, 1.165) is 44.5 Å². The number of aromatic nitrogens is 1. The maximum atomic E-state index is 13.1. The minimum absolute atomic E-state index is 0.00812. The van der Waals surface area contributed by atoms with Crippen LogP contribution in [0.2, 0.25) is 0 Å². The lowest BCUT2D eigenvalue weighted by Crippen LogP contribution is -2.50. The summed E-state index contributed by atoms with van der Waals surface area (Å²) in [5.41, 5.74) is 1.71. The van der Waals surface area contributed by atoms with Gasteiger partial charge in [0.05, 0.1) is 22.3 Å². The molecule has 184 valence electrons. The third-order valence-electron chi connectivity index (χ3n) is 6.88. The van der Waals surface area contributed by atoms with Gasteiger partial charge in [0, 0.05) is 56.5 Å². The fraction of sp³-hybridized carbons (Fsp3) is 0.407. The van der Waals surface area contributed by atoms with E-state index in [-0.39, 0.29) is 16.6 Å². The number of sulfone groups is 1. The molecule has 35 heavy (non-hydrogen) atoms. The molecule has 5 rings (SSSR count). The number of carbonyl (C=O) groups excluding carboxylic acids is 1. The second-order valence-electron chi connectivity index (χ2n) is 9.37. The normalized spacial score (nSPS) is 19.7. The molecule has 0 unspecified atom stereocenters. The Balaban J connectivity index is 1.20. The van der Waals surface area contributed by atoms with Crippen LogP contribution in [-0.4, -0.2) is 74.5 Å². The first-order chi connectivity index (χ1) is 17.0. The van der Waals surface area contributed by atoms with Crippen LogP contribution >= 0.6 is 0 Å². The fourth-order valence-electron chi connectivity index (χ4n) is 4.92. The second-order valence-corrected chi connectivity index (χ2v) is 11.3. The van der Waals surface area contributed by atoms with E-state index in [4.69, 9.17) is 4.74 Å². The van der Waals surface area contributed by atoms with Gasteiger partial charge in [-0.2, -0.15) is 0 Å². The SMILES string of the molecule is O=C(c1ccc(CS(=O)(=O)c2cccc3cccnc23)cc1)N1CCN(C[C@@H]2CCCCO2)CC1. The molecule has 3 heterocycles. The van der Waals surface area contributed by atoms with Crippen LogP contribution in [0.3, 0.4) is 0 Å². The summed E-state index contributed by atoms with van der Waals surface area (Å²) in [4.78, 5) is 21.8. The predicted molar refractivity (Wildman–Crippen MR) is 135 cm³/mol. The van der Waals surface area contributed by atoms with Crippen LogP contribution in [0.15, 0.2) is 65.7 Å². The highest BCUT2D eigenvalue weighted by Crippen LogP contribution is 2.24. The zero-order valence-corrected chi connectivity index (χ0v) is 20.6. The van der Waals surface area contributed by atoms with Crippen LogP contribution in [0, 0.1) is 0 Å². The standard InChI is InChI=1S/C27H31N3O4S/c31-27(30-16-14-29(15-17-30)19-24-7-1-2-18-34-24)23-11-9-21(10-12-23)20-35(32,33)25-8-3-5-22-6-4-13-28-26(22)25/h3-6,8-13,24H,1-2,7,14-20H2/t24-/m0/s1. The van der Waals surface area contributed by atoms with Gasteiger partial charge in [0.1, 0.15) is 0 Å². The molecule has 2 aromatic carbocycles. The summed E-state index contributed by atoms with van der Waals surface area (Å²) in [6, 6.07) is 15.8. The van der Waals surface area contributed by atoms with E-state index in [9.17, 15) is 13.2 Å². The van der Waals surface area contributed by atoms with Crippen molar-refractivity contribution in [1.29, 1.82) is 0 Å². The van der Waals surface area contributed by atoms with Gasteiger partial charge >= 0.3 is 0 Å². The van der Waals surface area contributed by atoms with E-state index < -0.39 is 9.84 Å². The topological polar surface area (TPSA) is 79.8 Å². The van der Waals surface area contributed by atoms with Crippen molar-refractivity contribution in [3.05, 3.63) is 71.9 Å². The van der Waals surface area contributed by atoms with Crippen LogP contribution in [0.1, 0.15) is 35.2 Å². The smallest absolute Gasteiger partial charge is 0.253 e. The van der Waals surface area contributed by atoms with Gasteiger partial charge < -0.3 is 9.64 Å². The summed E-state index contributed by atoms with van der Waals surface area (Å²) < 4.78 is 32.1. The lowest BCUT2D eigenvalue weighted by molar-refractivity contribution is -0.0130. The molecule has 0 aliphatic carbocycles. The maximum Gasteiger partial charge on any atom is 0.253 e. The first-order valence-corrected chi connectivity index (χ1v) is 13.9. The Labute approximate surface area is 206 Å². The fourth-order valence-corrected chi connectivity index (χ4v) is 6.46. The molecule has 2 fully saturated rings. The van der Waals surface area contributed by atoms with Crippen molar-refractivity contribution in [2.45, 2.75) is 36.0 Å². The highest BCUT2D eigenvalue weighted by Gasteiger charge is 2.25. The second kappa shape index (κ2) is 10.4. The molecule has 0 N–H and O–H groups in total. The number of ether oxygens (including phenoxy) is 1. The number of hydrogen-bond acceptors (Lipinski definition) is 6. The molecule has 8 heteroatoms. The Bertz CT molecular complexity index is 1270. The molecule has 1 aromatic heterocycles. The molecule has 2 aliphatic heterocycles. The number of para-hydroxylation sites is 1. The average Bonchev–Trinajstić information content (AvgIpc) is 2.89. The van der Waals surface area contributed by atoms with Gasteiger partial charge in [-0.15, -0.1) is 0 Å². The van der Waals surface area contributed by atoms with Crippen molar-refractivity contribution in [2.24, 2.45) is 0 Å². The number of benzene rings is 2. The van der Waals surface area contributed by atoms with Crippen molar-refractivity contribution in [2.75, 3.05) is 39.3 Å². The van der Waals surface area contributed by atoms with Crippen molar-refractivity contribution in [3.63, 3.8) is 0 Å². The molecule has 0 saturated carbocycles. The van der Waals surface area contributed by atoms with E-state index in [1.54, 1.807) is 48.7 Å². The molecule has 1 atom stereocenters. The molecule has 0 bridgehead atoms. The highest BCUT2D eigenvalue weighted by molar-refractivity contribution is 7.90. The van der Waals surface area contributed by atoms with E-state index in [2.05, 4.69) is 9.88 Å². The zero-order chi connectivity index (χ0) is 24.3. The van der Waals surface area contributed by atoms with E-state index in [0.29, 0.717) is 35.8 Å². The van der Waals surface area contributed by atoms with Crippen molar-refractivity contribution in [1.82, 2.24) is 14.8 Å². The molecular formula is C27H31N3O4S. The Hall–Kier alpha value is -2.81. The molecule has 2 saturated heterocycles. The third kappa shape index (κ3) is 5.55. The summed E-state index contributed by atoms with van der Waals surface area (Å²) in [6.07, 6.45) is 5.44. The van der Waals surface area contributed by atoms with Crippen molar-refractivity contribution >= 4 is 26.6 Å². The zero-order valence-electron chi connectivity index (χ0n) is 19.8. The molecule has 0 spiro atoms. The summed E-state index contributed by atoms with van der Waals surface area (Å²) >= 11 is 0. The third-order valence-corrected chi connectivity index (χ3v) is 8.60. The number of amides is 1. The lowest BCUT2D eigenvalue weighted by Gasteiger charge is -2.37. The summed E-state index contributed by atoms with van der Waals surface area (Å²) in [7, 11) is -3.59. The summed E-state index contributed by atoms with van der Waals surface area (Å²) in [5, 5.41) is 0.792. The van der Waals surface area contributed by atoms with Gasteiger partial charge in [-0.25, -0.2) is 8.42 Å². The number of fused-ring (bicyclic) bond motifs is 1. The first kappa shape index (κ1) is 23.9. The van der Waals surface area contributed by atoms with Gasteiger partial charge in [0.25, 0.3) is 5.91 Å². The monoisotopic (exact) mass is 493 g/mol. The molecule has 7 nitrogen and oxygen atoms in total. The van der Waals surface area contributed by atoms with E-state index in [1.807, 2.05) is 17.0 Å². The van der Waals surface area contributed by atoms with Gasteiger partial charge in [-0.05, 0) is 49.1 Å². The number of carbonyl (C=O) groups is 1. The molecule has 0 radical (unpaired) electrons. The number of piperazine rings is 1. The molecule has 1 amide bonds. The lowest BCUT2D eigenvalue weighted by atomic mass is 10.1. The minimum Gasteiger partial charge on any atom is -0.377 e. The van der Waals surface area contributed by atoms with E-state index >= 15 is 0 Å². The number of hydrogen-bond donors (Lipinski definition) is 0. The molecule has 3 aromatic rings. The Morgan fingerprint density at radius 3 is 2.49 bits per heavy atom. The van der Waals surface area contributed by atoms with Crippen LogP contribution < -0.4 is 0 Å². The quantitative estimate of drug-likeness (QED) is 0.523. The molecule has 2 aliphatic rings. The first-order valence-electron chi connectivity index (χ1n) is 12.3. The number of nitrogens with zero attached hydrogens (tertiary/aromatic N) is 3. The van der Waals surface area contributed by atoms with E-state index in [1.165, 1.54) is 6.42 Å². The van der Waals surface area contributed by atoms with Gasteiger partial charge in [0.2, 0.25) is 0 Å². The number of rotatable bonds is 6. The van der Waals surface area contributed by atoms with Crippen LogP contribution in [0.25, 0.3) is 10.9 Å². The Morgan fingerprint density at radius 1 is 0.971 bits per heavy atom. The van der Waals surface area contributed by atoms with Gasteiger partial charge in [-0.1, -0.05) is 30.3 Å². The average molecular weight is 494 g/mol. The van der Waals surface area contributed by atoms with Crippen molar-refractivity contribution in [3.8, 4) is 0 Å². The largest absolute Gasteiger partial charge is 0.377 e. The van der Waals surface area contributed by atoms with Gasteiger partial charge in [-0.3, -0.25) is 14.7 Å². The van der Waals surface area contributed by atoms with Crippen LogP contribution in [-0.2, 0) is 20.3 Å². The molecular weight excluding hydrogens is 462 g/mol. The van der Waals surface area contributed by atoms with Crippen molar-refractivity contribution < 1.29 is 17.9 Å². The van der Waals surface area contributed by atoms with Crippen LogP contribution in [0.4, 0.5) is 0 Å². The Kier molecular flexibility index (Phi) is 7.13. The number of pyridine rings is 1. The van der Waals surface area contributed by atoms with Crippen LogP contribution in [0.5, 0.6) is 0 Å². The van der Waals surface area contributed by atoms with Gasteiger partial charge in [0.15, 0.2) is 9.84 Å². The highest BCUT2D eigenvalue weighted by atomic mass is 32.2. The minimum atomic E-state index is -3.59. The Morgan fingerprint density at radius 2 is 1.74 bits per heavy atom. The summed E-state index contributed by atoms with van der Waals surface area (Å²) in [6.45, 7) is 4.88.